The third kappa shape index (κ3) is 3.44. The zero-order chi connectivity index (χ0) is 15.6. The van der Waals surface area contributed by atoms with Gasteiger partial charge in [0.1, 0.15) is 5.82 Å². The fourth-order valence-electron chi connectivity index (χ4n) is 2.62. The molecule has 1 atom stereocenters. The Morgan fingerprint density at radius 1 is 1.38 bits per heavy atom. The maximum absolute atomic E-state index is 13.6. The van der Waals surface area contributed by atoms with Crippen LogP contribution in [-0.4, -0.2) is 16.3 Å². The van der Waals surface area contributed by atoms with Crippen molar-refractivity contribution in [3.63, 3.8) is 0 Å². The van der Waals surface area contributed by atoms with E-state index in [1.54, 1.807) is 10.7 Å². The lowest BCUT2D eigenvalue weighted by Crippen LogP contribution is -2.25. The molecule has 2 aromatic rings. The molecule has 0 aliphatic carbocycles. The van der Waals surface area contributed by atoms with Crippen molar-refractivity contribution in [2.45, 2.75) is 33.2 Å². The van der Waals surface area contributed by atoms with Crippen LogP contribution in [0, 0.1) is 19.7 Å². The van der Waals surface area contributed by atoms with Crippen LogP contribution in [0.1, 0.15) is 35.5 Å². The van der Waals surface area contributed by atoms with Crippen molar-refractivity contribution in [1.82, 2.24) is 15.1 Å². The fraction of sp³-hybridized carbons (Fsp3) is 0.438. The second kappa shape index (κ2) is 6.58. The van der Waals surface area contributed by atoms with E-state index in [0.29, 0.717) is 11.4 Å². The van der Waals surface area contributed by atoms with Gasteiger partial charge in [-0.25, -0.2) is 4.39 Å². The fourth-order valence-corrected chi connectivity index (χ4v) is 2.86. The third-order valence-corrected chi connectivity index (χ3v) is 4.22. The Morgan fingerprint density at radius 2 is 2.10 bits per heavy atom. The Hall–Kier alpha value is -1.39. The monoisotopic (exact) mass is 309 g/mol. The van der Waals surface area contributed by atoms with Crippen LogP contribution in [0.5, 0.6) is 0 Å². The lowest BCUT2D eigenvalue weighted by molar-refractivity contribution is 0.521. The van der Waals surface area contributed by atoms with Crippen molar-refractivity contribution in [2.24, 2.45) is 7.05 Å². The van der Waals surface area contributed by atoms with Crippen LogP contribution in [0.15, 0.2) is 18.2 Å². The summed E-state index contributed by atoms with van der Waals surface area (Å²) in [7, 11) is 1.88. The first-order chi connectivity index (χ1) is 9.93. The van der Waals surface area contributed by atoms with Crippen molar-refractivity contribution in [2.75, 3.05) is 6.54 Å². The number of aromatic nitrogens is 2. The van der Waals surface area contributed by atoms with Gasteiger partial charge >= 0.3 is 0 Å². The van der Waals surface area contributed by atoms with E-state index < -0.39 is 0 Å². The van der Waals surface area contributed by atoms with E-state index >= 15 is 0 Å². The molecule has 1 unspecified atom stereocenters. The highest BCUT2D eigenvalue weighted by Gasteiger charge is 2.19. The average Bonchev–Trinajstić information content (AvgIpc) is 2.67. The minimum Gasteiger partial charge on any atom is -0.310 e. The Kier molecular flexibility index (Phi) is 5.01. The van der Waals surface area contributed by atoms with Crippen molar-refractivity contribution < 1.29 is 4.39 Å². The zero-order valence-corrected chi connectivity index (χ0v) is 13.6. The summed E-state index contributed by atoms with van der Waals surface area (Å²) in [6.45, 7) is 6.73. The molecule has 0 radical (unpaired) electrons. The normalized spacial score (nSPS) is 12.7. The number of hydrogen-bond donors (Lipinski definition) is 1. The second-order valence-corrected chi connectivity index (χ2v) is 5.66. The number of rotatable bonds is 5. The smallest absolute Gasteiger partial charge is 0.123 e. The standard InChI is InChI=1S/C16H21ClFN3/c1-5-19-14(13-8-12(18)7-6-10(13)2)9-15-16(17)11(3)20-21(15)4/h6-8,14,19H,5,9H2,1-4H3. The highest BCUT2D eigenvalue weighted by Crippen LogP contribution is 2.27. The summed E-state index contributed by atoms with van der Waals surface area (Å²) in [4.78, 5) is 0. The summed E-state index contributed by atoms with van der Waals surface area (Å²) in [6.07, 6.45) is 0.675. The topological polar surface area (TPSA) is 29.9 Å². The summed E-state index contributed by atoms with van der Waals surface area (Å²) in [5.74, 6) is -0.217. The molecule has 5 heteroatoms. The lowest BCUT2D eigenvalue weighted by Gasteiger charge is -2.21. The molecule has 0 aliphatic heterocycles. The molecule has 0 amide bonds. The molecule has 2 rings (SSSR count). The van der Waals surface area contributed by atoms with Crippen molar-refractivity contribution in [1.29, 1.82) is 0 Å². The quantitative estimate of drug-likeness (QED) is 0.912. The van der Waals surface area contributed by atoms with Crippen LogP contribution < -0.4 is 5.32 Å². The second-order valence-electron chi connectivity index (χ2n) is 5.28. The number of hydrogen-bond acceptors (Lipinski definition) is 2. The Balaban J connectivity index is 2.37. The Bertz CT molecular complexity index is 637. The van der Waals surface area contributed by atoms with Crippen LogP contribution >= 0.6 is 11.6 Å². The molecule has 1 aromatic heterocycles. The van der Waals surface area contributed by atoms with Gasteiger partial charge in [0.2, 0.25) is 0 Å². The van der Waals surface area contributed by atoms with E-state index in [4.69, 9.17) is 11.6 Å². The summed E-state index contributed by atoms with van der Waals surface area (Å²) in [6, 6.07) is 4.91. The maximum Gasteiger partial charge on any atom is 0.123 e. The Labute approximate surface area is 130 Å². The van der Waals surface area contributed by atoms with Gasteiger partial charge < -0.3 is 5.32 Å². The van der Waals surface area contributed by atoms with Gasteiger partial charge in [-0.05, 0) is 43.7 Å². The number of benzene rings is 1. The highest BCUT2D eigenvalue weighted by molar-refractivity contribution is 6.31. The van der Waals surface area contributed by atoms with Crippen molar-refractivity contribution in [3.8, 4) is 0 Å². The van der Waals surface area contributed by atoms with Gasteiger partial charge in [-0.15, -0.1) is 0 Å². The molecule has 0 saturated heterocycles. The van der Waals surface area contributed by atoms with E-state index in [-0.39, 0.29) is 11.9 Å². The van der Waals surface area contributed by atoms with Gasteiger partial charge in [0.15, 0.2) is 0 Å². The van der Waals surface area contributed by atoms with Gasteiger partial charge in [0.25, 0.3) is 0 Å². The van der Waals surface area contributed by atoms with Gasteiger partial charge in [-0.3, -0.25) is 4.68 Å². The van der Waals surface area contributed by atoms with Crippen LogP contribution in [0.25, 0.3) is 0 Å². The molecule has 1 aromatic carbocycles. The first-order valence-corrected chi connectivity index (χ1v) is 7.49. The molecule has 0 aliphatic rings. The predicted molar refractivity (Wildman–Crippen MR) is 84.2 cm³/mol. The number of nitrogens with zero attached hydrogens (tertiary/aromatic N) is 2. The minimum atomic E-state index is -0.217. The number of halogens is 2. The molecule has 0 spiro atoms. The van der Waals surface area contributed by atoms with E-state index in [9.17, 15) is 4.39 Å². The average molecular weight is 310 g/mol. The summed E-state index contributed by atoms with van der Waals surface area (Å²) >= 11 is 6.33. The molecule has 0 fully saturated rings. The van der Waals surface area contributed by atoms with E-state index in [1.165, 1.54) is 6.07 Å². The number of nitrogens with one attached hydrogen (secondary N) is 1. The molecule has 21 heavy (non-hydrogen) atoms. The largest absolute Gasteiger partial charge is 0.310 e. The van der Waals surface area contributed by atoms with Crippen LogP contribution in [-0.2, 0) is 13.5 Å². The molecule has 1 heterocycles. The van der Waals surface area contributed by atoms with Gasteiger partial charge in [0, 0.05) is 19.5 Å². The molecular weight excluding hydrogens is 289 g/mol. The molecular formula is C16H21ClFN3. The molecule has 0 bridgehead atoms. The van der Waals surface area contributed by atoms with Crippen LogP contribution in [0.2, 0.25) is 5.02 Å². The van der Waals surface area contributed by atoms with E-state index in [1.807, 2.05) is 33.9 Å². The molecule has 0 saturated carbocycles. The third-order valence-electron chi connectivity index (χ3n) is 3.73. The van der Waals surface area contributed by atoms with E-state index in [0.717, 1.165) is 29.1 Å². The highest BCUT2D eigenvalue weighted by atomic mass is 35.5. The van der Waals surface area contributed by atoms with Crippen LogP contribution in [0.4, 0.5) is 4.39 Å². The van der Waals surface area contributed by atoms with Gasteiger partial charge in [-0.1, -0.05) is 24.6 Å². The molecule has 1 N–H and O–H groups in total. The predicted octanol–water partition coefficient (Wildman–Crippen LogP) is 3.72. The van der Waals surface area contributed by atoms with Gasteiger partial charge in [0.05, 0.1) is 16.4 Å². The molecule has 3 nitrogen and oxygen atoms in total. The summed E-state index contributed by atoms with van der Waals surface area (Å²) in [5.41, 5.74) is 3.81. The molecule has 114 valence electrons. The summed E-state index contributed by atoms with van der Waals surface area (Å²) < 4.78 is 15.4. The van der Waals surface area contributed by atoms with Crippen molar-refractivity contribution >= 4 is 11.6 Å². The number of likely N-dealkylation sites (N-methyl/N-ethyl adjacent to an activating group) is 1. The van der Waals surface area contributed by atoms with Gasteiger partial charge in [-0.2, -0.15) is 5.10 Å². The minimum absolute atomic E-state index is 0.0120. The lowest BCUT2D eigenvalue weighted by atomic mass is 9.97. The maximum atomic E-state index is 13.6. The number of aryl methyl sites for hydroxylation is 3. The first kappa shape index (κ1) is 16.0. The Morgan fingerprint density at radius 3 is 2.67 bits per heavy atom. The summed E-state index contributed by atoms with van der Waals surface area (Å²) in [5, 5.41) is 8.44. The zero-order valence-electron chi connectivity index (χ0n) is 12.9. The first-order valence-electron chi connectivity index (χ1n) is 7.11. The van der Waals surface area contributed by atoms with Crippen LogP contribution in [0.3, 0.4) is 0 Å². The van der Waals surface area contributed by atoms with Crippen molar-refractivity contribution in [3.05, 3.63) is 51.6 Å². The SMILES string of the molecule is CCNC(Cc1c(Cl)c(C)nn1C)c1cc(F)ccc1C. The van der Waals surface area contributed by atoms with E-state index in [2.05, 4.69) is 10.4 Å².